The maximum absolute atomic E-state index is 11.1. The van der Waals surface area contributed by atoms with Gasteiger partial charge in [0.1, 0.15) is 24.2 Å². The Labute approximate surface area is 207 Å². The molecule has 9 heteroatoms. The van der Waals surface area contributed by atoms with Gasteiger partial charge in [-0.3, -0.25) is 4.79 Å². The summed E-state index contributed by atoms with van der Waals surface area (Å²) in [5.41, 5.74) is 0. The van der Waals surface area contributed by atoms with Gasteiger partial charge in [0.05, 0.1) is 22.5 Å². The number of hydrogen-bond donors (Lipinski definition) is 0. The number of carbonyl (C=O) groups excluding carboxylic acids is 1. The molecule has 0 saturated heterocycles. The number of hydrogen-bond acceptors (Lipinski definition) is 6. The molecule has 170 valence electrons. The summed E-state index contributed by atoms with van der Waals surface area (Å²) < 4.78 is 16.5. The normalized spacial score (nSPS) is 11.8. The Kier molecular flexibility index (Phi) is 12.1. The van der Waals surface area contributed by atoms with E-state index in [4.69, 9.17) is 49.0 Å². The molecule has 0 aliphatic rings. The maximum Gasteiger partial charge on any atom is 0.303 e. The van der Waals surface area contributed by atoms with Crippen LogP contribution in [0.2, 0.25) is 10.0 Å². The molecule has 0 N–H and O–H groups in total. The average molecular weight is 524 g/mol. The van der Waals surface area contributed by atoms with Gasteiger partial charge in [-0.05, 0) is 54.3 Å². The molecule has 0 heterocycles. The number of benzene rings is 2. The van der Waals surface area contributed by atoms with Crippen molar-refractivity contribution in [2.45, 2.75) is 36.2 Å². The van der Waals surface area contributed by atoms with Crippen LogP contribution in [-0.2, 0) is 9.53 Å². The number of halogens is 3. The Morgan fingerprint density at radius 1 is 1.03 bits per heavy atom. The number of carbonyl (C=O) groups is 1. The summed E-state index contributed by atoms with van der Waals surface area (Å²) in [6.45, 7) is 4.26. The Balaban J connectivity index is 1.92. The first-order chi connectivity index (χ1) is 14.9. The van der Waals surface area contributed by atoms with Gasteiger partial charge in [-0.15, -0.1) is 11.6 Å². The predicted molar refractivity (Wildman–Crippen MR) is 132 cm³/mol. The van der Waals surface area contributed by atoms with E-state index in [2.05, 4.69) is 6.92 Å². The lowest BCUT2D eigenvalue weighted by atomic mass is 10.3. The highest BCUT2D eigenvalue weighted by Gasteiger charge is 2.13. The molecule has 0 amide bonds. The molecule has 0 saturated carbocycles. The van der Waals surface area contributed by atoms with Crippen LogP contribution in [0.15, 0.2) is 46.2 Å². The average Bonchev–Trinajstić information content (AvgIpc) is 2.73. The van der Waals surface area contributed by atoms with Crippen molar-refractivity contribution in [1.29, 1.82) is 0 Å². The highest BCUT2D eigenvalue weighted by Crippen LogP contribution is 2.37. The van der Waals surface area contributed by atoms with Crippen LogP contribution in [0, 0.1) is 0 Å². The second-order valence-corrected chi connectivity index (χ2v) is 10.0. The van der Waals surface area contributed by atoms with Gasteiger partial charge in [0.15, 0.2) is 0 Å². The fourth-order valence-electron chi connectivity index (χ4n) is 2.48. The molecule has 0 bridgehead atoms. The van der Waals surface area contributed by atoms with E-state index in [0.29, 0.717) is 28.2 Å². The van der Waals surface area contributed by atoms with E-state index < -0.39 is 12.1 Å². The quantitative estimate of drug-likeness (QED) is 0.157. The van der Waals surface area contributed by atoms with Crippen molar-refractivity contribution in [3.63, 3.8) is 0 Å². The number of ether oxygens (including phenoxy) is 3. The molecule has 2 aromatic rings. The van der Waals surface area contributed by atoms with Crippen molar-refractivity contribution in [2.75, 3.05) is 30.6 Å². The highest BCUT2D eigenvalue weighted by molar-refractivity contribution is 7.99. The fourth-order valence-corrected chi connectivity index (χ4v) is 4.74. The molecule has 0 aliphatic heterocycles. The molecule has 1 unspecified atom stereocenters. The van der Waals surface area contributed by atoms with Crippen molar-refractivity contribution < 1.29 is 19.0 Å². The Morgan fingerprint density at radius 2 is 1.65 bits per heavy atom. The van der Waals surface area contributed by atoms with E-state index in [9.17, 15) is 4.79 Å². The highest BCUT2D eigenvalue weighted by atomic mass is 35.5. The monoisotopic (exact) mass is 522 g/mol. The summed E-state index contributed by atoms with van der Waals surface area (Å²) in [5.74, 6) is 3.12. The zero-order valence-corrected chi connectivity index (χ0v) is 21.3. The van der Waals surface area contributed by atoms with Crippen molar-refractivity contribution >= 4 is 64.3 Å². The van der Waals surface area contributed by atoms with Gasteiger partial charge in [0.2, 0.25) is 0 Å². The number of alkyl halides is 1. The van der Waals surface area contributed by atoms with E-state index in [1.165, 1.54) is 18.7 Å². The summed E-state index contributed by atoms with van der Waals surface area (Å²) in [6, 6.07) is 11.2. The molecule has 0 radical (unpaired) electrons. The second kappa shape index (κ2) is 14.3. The topological polar surface area (TPSA) is 44.8 Å². The van der Waals surface area contributed by atoms with Gasteiger partial charge in [0.25, 0.3) is 0 Å². The molecular weight excluding hydrogens is 499 g/mol. The summed E-state index contributed by atoms with van der Waals surface area (Å²) >= 11 is 21.9. The minimum absolute atomic E-state index is 0.128. The molecule has 4 nitrogen and oxygen atoms in total. The van der Waals surface area contributed by atoms with E-state index in [-0.39, 0.29) is 12.5 Å². The molecule has 1 atom stereocenters. The van der Waals surface area contributed by atoms with Gasteiger partial charge in [0, 0.05) is 16.7 Å². The Bertz CT molecular complexity index is 852. The molecule has 31 heavy (non-hydrogen) atoms. The zero-order chi connectivity index (χ0) is 22.6. The predicted octanol–water partition coefficient (Wildman–Crippen LogP) is 7.22. The zero-order valence-electron chi connectivity index (χ0n) is 17.4. The van der Waals surface area contributed by atoms with Gasteiger partial charge in [-0.25, -0.2) is 0 Å². The van der Waals surface area contributed by atoms with Crippen LogP contribution in [0.3, 0.4) is 0 Å². The maximum atomic E-state index is 11.1. The molecule has 2 aromatic carbocycles. The van der Waals surface area contributed by atoms with Crippen LogP contribution >= 0.6 is 58.3 Å². The minimum atomic E-state index is -0.530. The van der Waals surface area contributed by atoms with E-state index in [1.54, 1.807) is 6.07 Å². The lowest BCUT2D eigenvalue weighted by Gasteiger charge is -2.16. The first kappa shape index (κ1) is 26.3. The molecule has 2 rings (SSSR count). The van der Waals surface area contributed by atoms with Crippen molar-refractivity contribution in [1.82, 2.24) is 0 Å². The largest absolute Gasteiger partial charge is 0.492 e. The second-order valence-electron chi connectivity index (χ2n) is 6.38. The third-order valence-corrected chi connectivity index (χ3v) is 6.77. The summed E-state index contributed by atoms with van der Waals surface area (Å²) in [6.07, 6.45) is 0.461. The summed E-state index contributed by atoms with van der Waals surface area (Å²) in [4.78, 5) is 13.0. The summed E-state index contributed by atoms with van der Waals surface area (Å²) in [5, 5.41) is 1.04. The Hall–Kier alpha value is -0.920. The van der Waals surface area contributed by atoms with Crippen LogP contribution in [0.1, 0.15) is 20.3 Å². The van der Waals surface area contributed by atoms with Gasteiger partial charge in [-0.2, -0.15) is 11.8 Å². The number of thioether (sulfide) groups is 1. The number of rotatable bonds is 13. The smallest absolute Gasteiger partial charge is 0.303 e. The minimum Gasteiger partial charge on any atom is -0.492 e. The standard InChI is InChI=1S/C22H25Cl3O4S2/c1-3-30-10-4-9-27-21-7-5-17(11-19(21)24)31-18-6-8-22(20(25)12-18)28-14-16(13-23)29-15(2)26/h5-8,11-12,16H,3-4,9-10,13-14H2,1-2H3. The van der Waals surface area contributed by atoms with Gasteiger partial charge >= 0.3 is 5.97 Å². The van der Waals surface area contributed by atoms with Gasteiger partial charge in [-0.1, -0.05) is 41.9 Å². The summed E-state index contributed by atoms with van der Waals surface area (Å²) in [7, 11) is 0. The van der Waals surface area contributed by atoms with Crippen LogP contribution < -0.4 is 9.47 Å². The van der Waals surface area contributed by atoms with Crippen LogP contribution in [0.25, 0.3) is 0 Å². The molecule has 0 aliphatic carbocycles. The van der Waals surface area contributed by atoms with E-state index in [1.807, 2.05) is 42.1 Å². The number of esters is 1. The van der Waals surface area contributed by atoms with E-state index >= 15 is 0 Å². The van der Waals surface area contributed by atoms with Crippen molar-refractivity contribution in [3.05, 3.63) is 46.4 Å². The Morgan fingerprint density at radius 3 is 2.16 bits per heavy atom. The fraction of sp³-hybridized carbons (Fsp3) is 0.409. The first-order valence-corrected chi connectivity index (χ1v) is 13.0. The molecule has 0 spiro atoms. The van der Waals surface area contributed by atoms with E-state index in [0.717, 1.165) is 27.7 Å². The van der Waals surface area contributed by atoms with Crippen molar-refractivity contribution in [2.24, 2.45) is 0 Å². The first-order valence-electron chi connectivity index (χ1n) is 9.76. The lowest BCUT2D eigenvalue weighted by Crippen LogP contribution is -2.25. The van der Waals surface area contributed by atoms with Crippen LogP contribution in [0.5, 0.6) is 11.5 Å². The molecule has 0 fully saturated rings. The van der Waals surface area contributed by atoms with Crippen LogP contribution in [0.4, 0.5) is 0 Å². The van der Waals surface area contributed by atoms with Gasteiger partial charge < -0.3 is 14.2 Å². The molecular formula is C22H25Cl3O4S2. The van der Waals surface area contributed by atoms with Crippen molar-refractivity contribution in [3.8, 4) is 11.5 Å². The third kappa shape index (κ3) is 9.62. The van der Waals surface area contributed by atoms with Crippen LogP contribution in [-0.4, -0.2) is 42.7 Å². The lowest BCUT2D eigenvalue weighted by molar-refractivity contribution is -0.146. The third-order valence-electron chi connectivity index (χ3n) is 3.87. The SMILES string of the molecule is CCSCCCOc1ccc(Sc2ccc(OCC(CCl)OC(C)=O)c(Cl)c2)cc1Cl. The molecule has 0 aromatic heterocycles.